The summed E-state index contributed by atoms with van der Waals surface area (Å²) >= 11 is 5.16. The van der Waals surface area contributed by atoms with Crippen LogP contribution in [0.25, 0.3) is 10.2 Å². The number of anilines is 1. The Bertz CT molecular complexity index is 637. The van der Waals surface area contributed by atoms with Gasteiger partial charge in [-0.2, -0.15) is 0 Å². The van der Waals surface area contributed by atoms with Crippen molar-refractivity contribution in [3.8, 4) is 0 Å². The van der Waals surface area contributed by atoms with Crippen molar-refractivity contribution in [3.63, 3.8) is 0 Å². The molecule has 19 heavy (non-hydrogen) atoms. The van der Waals surface area contributed by atoms with Crippen molar-refractivity contribution in [2.75, 3.05) is 25.6 Å². The zero-order valence-corrected chi connectivity index (χ0v) is 13.7. The van der Waals surface area contributed by atoms with Gasteiger partial charge in [-0.3, -0.25) is 4.98 Å². The topological polar surface area (TPSA) is 42.4 Å². The van der Waals surface area contributed by atoms with Gasteiger partial charge in [0.25, 0.3) is 0 Å². The van der Waals surface area contributed by atoms with E-state index < -0.39 is 0 Å². The molecule has 6 heteroatoms. The minimum Gasteiger partial charge on any atom is -0.462 e. The summed E-state index contributed by atoms with van der Waals surface area (Å²) in [7, 11) is 3.83. The van der Waals surface area contributed by atoms with Crippen LogP contribution in [0.15, 0.2) is 10.7 Å². The van der Waals surface area contributed by atoms with Crippen molar-refractivity contribution in [2.24, 2.45) is 0 Å². The van der Waals surface area contributed by atoms with E-state index in [4.69, 9.17) is 4.74 Å². The summed E-state index contributed by atoms with van der Waals surface area (Å²) in [5.41, 5.74) is 2.26. The van der Waals surface area contributed by atoms with Crippen LogP contribution >= 0.6 is 27.3 Å². The van der Waals surface area contributed by atoms with E-state index in [9.17, 15) is 4.79 Å². The van der Waals surface area contributed by atoms with E-state index in [-0.39, 0.29) is 5.97 Å². The molecule has 0 aliphatic rings. The summed E-state index contributed by atoms with van der Waals surface area (Å²) in [6.45, 7) is 4.18. The van der Waals surface area contributed by atoms with Crippen molar-refractivity contribution < 1.29 is 9.53 Å². The van der Waals surface area contributed by atoms with Gasteiger partial charge in [0.15, 0.2) is 0 Å². The lowest BCUT2D eigenvalue weighted by molar-refractivity contribution is 0.0527. The molecule has 0 fully saturated rings. The number of ether oxygens (including phenoxy) is 1. The van der Waals surface area contributed by atoms with Gasteiger partial charge in [0, 0.05) is 25.2 Å². The fourth-order valence-corrected chi connectivity index (χ4v) is 3.71. The minimum absolute atomic E-state index is 0.331. The molecule has 0 bridgehead atoms. The van der Waals surface area contributed by atoms with Crippen LogP contribution in [-0.4, -0.2) is 31.7 Å². The number of carbonyl (C=O) groups excluding carboxylic acids is 1. The fraction of sp³-hybridized carbons (Fsp3) is 0.385. The Labute approximate surface area is 124 Å². The van der Waals surface area contributed by atoms with Crippen LogP contribution < -0.4 is 4.90 Å². The fourth-order valence-electron chi connectivity index (χ4n) is 1.90. The Kier molecular flexibility index (Phi) is 4.10. The maximum Gasteiger partial charge on any atom is 0.341 e. The second kappa shape index (κ2) is 5.46. The van der Waals surface area contributed by atoms with Gasteiger partial charge in [0.1, 0.15) is 5.56 Å². The zero-order valence-electron chi connectivity index (χ0n) is 11.3. The molecular weight excluding hydrogens is 328 g/mol. The first-order valence-corrected chi connectivity index (χ1v) is 7.50. The number of carbonyl (C=O) groups is 1. The van der Waals surface area contributed by atoms with E-state index in [1.54, 1.807) is 24.5 Å². The molecule has 0 saturated carbocycles. The SMILES string of the molecule is CCOC(=O)c1cnc2c(Br)c(C)sc2c1N(C)C. The van der Waals surface area contributed by atoms with Crippen molar-refractivity contribution in [1.29, 1.82) is 0 Å². The first-order chi connectivity index (χ1) is 8.97. The zero-order chi connectivity index (χ0) is 14.2. The molecule has 2 aromatic rings. The van der Waals surface area contributed by atoms with Crippen molar-refractivity contribution >= 4 is 49.1 Å². The number of thiophene rings is 1. The highest BCUT2D eigenvalue weighted by molar-refractivity contribution is 9.10. The van der Waals surface area contributed by atoms with E-state index >= 15 is 0 Å². The molecule has 0 amide bonds. The Morgan fingerprint density at radius 1 is 1.53 bits per heavy atom. The van der Waals surface area contributed by atoms with Crippen LogP contribution in [0, 0.1) is 6.92 Å². The predicted octanol–water partition coefficient (Wildman–Crippen LogP) is 3.61. The molecule has 2 heterocycles. The Balaban J connectivity index is 2.72. The van der Waals surface area contributed by atoms with Gasteiger partial charge in [-0.1, -0.05) is 0 Å². The van der Waals surface area contributed by atoms with E-state index in [1.807, 2.05) is 25.9 Å². The number of aromatic nitrogens is 1. The number of esters is 1. The Hall–Kier alpha value is -1.14. The lowest BCUT2D eigenvalue weighted by atomic mass is 10.2. The van der Waals surface area contributed by atoms with Crippen LogP contribution in [0.2, 0.25) is 0 Å². The highest BCUT2D eigenvalue weighted by Crippen LogP contribution is 2.40. The number of aryl methyl sites for hydroxylation is 1. The molecule has 4 nitrogen and oxygen atoms in total. The van der Waals surface area contributed by atoms with Gasteiger partial charge >= 0.3 is 5.97 Å². The molecule has 0 unspecified atom stereocenters. The normalized spacial score (nSPS) is 10.8. The average Bonchev–Trinajstić information content (AvgIpc) is 2.64. The molecule has 2 aromatic heterocycles. The summed E-state index contributed by atoms with van der Waals surface area (Å²) in [6, 6.07) is 0. The van der Waals surface area contributed by atoms with Crippen LogP contribution in [-0.2, 0) is 4.74 Å². The smallest absolute Gasteiger partial charge is 0.341 e. The molecule has 0 spiro atoms. The van der Waals surface area contributed by atoms with Crippen LogP contribution in [0.4, 0.5) is 5.69 Å². The summed E-state index contributed by atoms with van der Waals surface area (Å²) < 4.78 is 7.08. The second-order valence-corrected chi connectivity index (χ2v) is 6.30. The lowest BCUT2D eigenvalue weighted by Gasteiger charge is -2.17. The van der Waals surface area contributed by atoms with E-state index in [1.165, 1.54) is 0 Å². The summed E-state index contributed by atoms with van der Waals surface area (Å²) in [5.74, 6) is -0.331. The van der Waals surface area contributed by atoms with Crippen molar-refractivity contribution in [1.82, 2.24) is 4.98 Å². The standard InChI is InChI=1S/C13H15BrN2O2S/c1-5-18-13(17)8-6-15-10-9(14)7(2)19-12(10)11(8)16(3)4/h6H,5H2,1-4H3. The van der Waals surface area contributed by atoms with E-state index in [2.05, 4.69) is 20.9 Å². The minimum atomic E-state index is -0.331. The molecule has 0 aliphatic heterocycles. The van der Waals surface area contributed by atoms with Crippen molar-refractivity contribution in [2.45, 2.75) is 13.8 Å². The molecule has 102 valence electrons. The summed E-state index contributed by atoms with van der Waals surface area (Å²) in [4.78, 5) is 19.5. The van der Waals surface area contributed by atoms with Crippen LogP contribution in [0.5, 0.6) is 0 Å². The first kappa shape index (κ1) is 14.3. The average molecular weight is 343 g/mol. The number of hydrogen-bond donors (Lipinski definition) is 0. The predicted molar refractivity (Wildman–Crippen MR) is 82.3 cm³/mol. The second-order valence-electron chi connectivity index (χ2n) is 4.29. The largest absolute Gasteiger partial charge is 0.462 e. The molecule has 0 radical (unpaired) electrons. The number of pyridine rings is 1. The van der Waals surface area contributed by atoms with Gasteiger partial charge in [-0.05, 0) is 29.8 Å². The lowest BCUT2D eigenvalue weighted by Crippen LogP contribution is -2.16. The van der Waals surface area contributed by atoms with Gasteiger partial charge in [-0.25, -0.2) is 4.79 Å². The molecule has 0 saturated heterocycles. The van der Waals surface area contributed by atoms with Gasteiger partial charge in [-0.15, -0.1) is 11.3 Å². The first-order valence-electron chi connectivity index (χ1n) is 5.89. The molecule has 0 aromatic carbocycles. The number of halogens is 1. The van der Waals surface area contributed by atoms with Crippen LogP contribution in [0.1, 0.15) is 22.2 Å². The van der Waals surface area contributed by atoms with Crippen molar-refractivity contribution in [3.05, 3.63) is 21.1 Å². The maximum atomic E-state index is 12.0. The highest BCUT2D eigenvalue weighted by Gasteiger charge is 2.21. The molecule has 0 aliphatic carbocycles. The van der Waals surface area contributed by atoms with Gasteiger partial charge < -0.3 is 9.64 Å². The number of nitrogens with zero attached hydrogens (tertiary/aromatic N) is 2. The van der Waals surface area contributed by atoms with E-state index in [0.29, 0.717) is 12.2 Å². The number of hydrogen-bond acceptors (Lipinski definition) is 5. The third-order valence-corrected chi connectivity index (χ3v) is 5.06. The Morgan fingerprint density at radius 3 is 2.79 bits per heavy atom. The molecule has 0 N–H and O–H groups in total. The third-order valence-electron chi connectivity index (χ3n) is 2.72. The molecule has 0 atom stereocenters. The van der Waals surface area contributed by atoms with Gasteiger partial charge in [0.2, 0.25) is 0 Å². The highest BCUT2D eigenvalue weighted by atomic mass is 79.9. The Morgan fingerprint density at radius 2 is 2.21 bits per heavy atom. The third kappa shape index (κ3) is 2.47. The summed E-state index contributed by atoms with van der Waals surface area (Å²) in [6.07, 6.45) is 1.59. The number of rotatable bonds is 3. The molecule has 2 rings (SSSR count). The van der Waals surface area contributed by atoms with Gasteiger partial charge in [0.05, 0.1) is 27.0 Å². The van der Waals surface area contributed by atoms with Crippen LogP contribution in [0.3, 0.4) is 0 Å². The van der Waals surface area contributed by atoms with E-state index in [0.717, 1.165) is 25.3 Å². The maximum absolute atomic E-state index is 12.0. The molecular formula is C13H15BrN2O2S. The summed E-state index contributed by atoms with van der Waals surface area (Å²) in [5, 5.41) is 0. The quantitative estimate of drug-likeness (QED) is 0.799. The number of fused-ring (bicyclic) bond motifs is 1. The monoisotopic (exact) mass is 342 g/mol.